The summed E-state index contributed by atoms with van der Waals surface area (Å²) in [6, 6.07) is 74.3. The fourth-order valence-corrected chi connectivity index (χ4v) is 9.03. The van der Waals surface area contributed by atoms with Crippen LogP contribution in [0.1, 0.15) is 0 Å². The van der Waals surface area contributed by atoms with Crippen LogP contribution in [0.25, 0.3) is 110 Å². The van der Waals surface area contributed by atoms with Crippen LogP contribution < -0.4 is 0 Å². The summed E-state index contributed by atoms with van der Waals surface area (Å²) in [5.74, 6) is 0. The maximum absolute atomic E-state index is 6.66. The summed E-state index contributed by atoms with van der Waals surface area (Å²) in [5, 5.41) is 7.19. The molecule has 12 aromatic rings. The average molecular weight is 727 g/mol. The first kappa shape index (κ1) is 31.7. The van der Waals surface area contributed by atoms with Gasteiger partial charge in [0.15, 0.2) is 0 Å². The van der Waals surface area contributed by atoms with E-state index in [0.717, 1.165) is 50.0 Å². The number of benzene rings is 9. The van der Waals surface area contributed by atoms with E-state index in [4.69, 9.17) is 4.42 Å². The number of fused-ring (bicyclic) bond motifs is 9. The monoisotopic (exact) mass is 726 g/mol. The van der Waals surface area contributed by atoms with Gasteiger partial charge in [0.05, 0.1) is 22.1 Å². The van der Waals surface area contributed by atoms with Crippen LogP contribution in [0.2, 0.25) is 0 Å². The van der Waals surface area contributed by atoms with E-state index in [0.29, 0.717) is 0 Å². The molecule has 0 aliphatic heterocycles. The van der Waals surface area contributed by atoms with Crippen molar-refractivity contribution in [2.45, 2.75) is 0 Å². The van der Waals surface area contributed by atoms with E-state index in [1.165, 1.54) is 60.3 Å². The molecule has 0 unspecified atom stereocenters. The van der Waals surface area contributed by atoms with Crippen molar-refractivity contribution in [3.63, 3.8) is 0 Å². The Hall–Kier alpha value is -7.62. The third kappa shape index (κ3) is 4.99. The fourth-order valence-electron chi connectivity index (χ4n) is 9.03. The fraction of sp³-hybridized carbons (Fsp3) is 0. The SMILES string of the molecule is c1ccc(-c2cccc(-n3c4ccccc4c4cc(-c5ccc6c(c5)oc5cc(-c7ccc8c(c7)c7ccccc7n8-c7ccccc7)ccc56)ccc43)c2)cc1. The summed E-state index contributed by atoms with van der Waals surface area (Å²) < 4.78 is 11.4. The molecule has 266 valence electrons. The van der Waals surface area contributed by atoms with Crippen LogP contribution in [0.15, 0.2) is 211 Å². The van der Waals surface area contributed by atoms with Gasteiger partial charge in [-0.05, 0) is 118 Å². The Morgan fingerprint density at radius 2 is 0.667 bits per heavy atom. The minimum atomic E-state index is 0.890. The maximum atomic E-state index is 6.66. The van der Waals surface area contributed by atoms with E-state index in [1.807, 2.05) is 0 Å². The molecule has 0 aliphatic carbocycles. The first-order valence-electron chi connectivity index (χ1n) is 19.5. The van der Waals surface area contributed by atoms with E-state index >= 15 is 0 Å². The molecule has 12 rings (SSSR count). The topological polar surface area (TPSA) is 23.0 Å². The second-order valence-electron chi connectivity index (χ2n) is 14.9. The highest BCUT2D eigenvalue weighted by Gasteiger charge is 2.17. The standard InChI is InChI=1S/C54H34N2O/c1-3-12-35(13-4-1)36-14-11-17-42(30-36)56-50-21-10-8-19-44(50)48-32-38(25-29-52(48)56)40-23-27-46-45-26-22-39(33-53(45)57-54(46)34-40)37-24-28-51-47(31-37)43-18-7-9-20-49(43)55(51)41-15-5-2-6-16-41/h1-34H. The third-order valence-corrected chi connectivity index (χ3v) is 11.7. The van der Waals surface area contributed by atoms with Crippen molar-refractivity contribution in [3.8, 4) is 44.8 Å². The van der Waals surface area contributed by atoms with E-state index in [-0.39, 0.29) is 0 Å². The van der Waals surface area contributed by atoms with Crippen LogP contribution >= 0.6 is 0 Å². The molecule has 0 saturated carbocycles. The third-order valence-electron chi connectivity index (χ3n) is 11.7. The molecule has 0 saturated heterocycles. The van der Waals surface area contributed by atoms with Gasteiger partial charge in [0.25, 0.3) is 0 Å². The molecule has 0 N–H and O–H groups in total. The normalized spacial score (nSPS) is 11.9. The van der Waals surface area contributed by atoms with Gasteiger partial charge in [-0.25, -0.2) is 0 Å². The van der Waals surface area contributed by atoms with Gasteiger partial charge in [-0.2, -0.15) is 0 Å². The highest BCUT2D eigenvalue weighted by molar-refractivity contribution is 6.13. The lowest BCUT2D eigenvalue weighted by molar-refractivity contribution is 0.669. The zero-order valence-electron chi connectivity index (χ0n) is 30.9. The van der Waals surface area contributed by atoms with Crippen molar-refractivity contribution in [2.24, 2.45) is 0 Å². The van der Waals surface area contributed by atoms with Crippen LogP contribution in [0.3, 0.4) is 0 Å². The average Bonchev–Trinajstić information content (AvgIpc) is 3.93. The summed E-state index contributed by atoms with van der Waals surface area (Å²) in [7, 11) is 0. The molecule has 3 heterocycles. The zero-order valence-corrected chi connectivity index (χ0v) is 30.9. The molecular formula is C54H34N2O. The lowest BCUT2D eigenvalue weighted by Crippen LogP contribution is -1.94. The van der Waals surface area contributed by atoms with Gasteiger partial charge in [-0.1, -0.05) is 121 Å². The first-order valence-corrected chi connectivity index (χ1v) is 19.5. The van der Waals surface area contributed by atoms with Crippen molar-refractivity contribution < 1.29 is 4.42 Å². The lowest BCUT2D eigenvalue weighted by Gasteiger charge is -2.11. The van der Waals surface area contributed by atoms with Gasteiger partial charge in [0.1, 0.15) is 11.2 Å². The van der Waals surface area contributed by atoms with Gasteiger partial charge >= 0.3 is 0 Å². The number of nitrogens with zero attached hydrogens (tertiary/aromatic N) is 2. The van der Waals surface area contributed by atoms with E-state index in [2.05, 4.69) is 215 Å². The number of rotatable bonds is 5. The van der Waals surface area contributed by atoms with Gasteiger partial charge in [0, 0.05) is 43.7 Å². The number of hydrogen-bond acceptors (Lipinski definition) is 1. The highest BCUT2D eigenvalue weighted by Crippen LogP contribution is 2.40. The van der Waals surface area contributed by atoms with E-state index in [9.17, 15) is 0 Å². The molecule has 0 fully saturated rings. The van der Waals surface area contributed by atoms with Crippen LogP contribution in [0.4, 0.5) is 0 Å². The van der Waals surface area contributed by atoms with Crippen LogP contribution in [-0.2, 0) is 0 Å². The van der Waals surface area contributed by atoms with Gasteiger partial charge < -0.3 is 13.6 Å². The molecule has 3 aromatic heterocycles. The van der Waals surface area contributed by atoms with Crippen LogP contribution in [-0.4, -0.2) is 9.13 Å². The van der Waals surface area contributed by atoms with Gasteiger partial charge in [-0.15, -0.1) is 0 Å². The quantitative estimate of drug-likeness (QED) is 0.173. The number of aromatic nitrogens is 2. The summed E-state index contributed by atoms with van der Waals surface area (Å²) in [5.41, 5.74) is 15.9. The Bertz CT molecular complexity index is 3510. The number of para-hydroxylation sites is 3. The molecule has 3 heteroatoms. The largest absolute Gasteiger partial charge is 0.456 e. The molecule has 0 radical (unpaired) electrons. The molecule has 9 aromatic carbocycles. The summed E-state index contributed by atoms with van der Waals surface area (Å²) >= 11 is 0. The maximum Gasteiger partial charge on any atom is 0.136 e. The minimum Gasteiger partial charge on any atom is -0.456 e. The van der Waals surface area contributed by atoms with Crippen molar-refractivity contribution in [2.75, 3.05) is 0 Å². The van der Waals surface area contributed by atoms with Crippen molar-refractivity contribution in [1.29, 1.82) is 0 Å². The second-order valence-corrected chi connectivity index (χ2v) is 14.9. The summed E-state index contributed by atoms with van der Waals surface area (Å²) in [6.07, 6.45) is 0. The molecule has 0 aliphatic rings. The Labute approximate surface area is 328 Å². The Kier molecular flexibility index (Phi) is 6.93. The predicted octanol–water partition coefficient (Wildman–Crippen LogP) is 14.8. The van der Waals surface area contributed by atoms with Crippen LogP contribution in [0, 0.1) is 0 Å². The molecule has 0 spiro atoms. The first-order chi connectivity index (χ1) is 28.2. The Morgan fingerprint density at radius 1 is 0.246 bits per heavy atom. The second kappa shape index (κ2) is 12.5. The van der Waals surface area contributed by atoms with E-state index in [1.54, 1.807) is 0 Å². The van der Waals surface area contributed by atoms with Crippen molar-refractivity contribution in [3.05, 3.63) is 206 Å². The zero-order chi connectivity index (χ0) is 37.5. The Morgan fingerprint density at radius 3 is 1.26 bits per heavy atom. The highest BCUT2D eigenvalue weighted by atomic mass is 16.3. The molecule has 0 amide bonds. The Balaban J connectivity index is 0.934. The lowest BCUT2D eigenvalue weighted by atomic mass is 9.99. The predicted molar refractivity (Wildman–Crippen MR) is 239 cm³/mol. The molecule has 57 heavy (non-hydrogen) atoms. The molecule has 3 nitrogen and oxygen atoms in total. The van der Waals surface area contributed by atoms with Gasteiger partial charge in [-0.3, -0.25) is 0 Å². The summed E-state index contributed by atoms with van der Waals surface area (Å²) in [6.45, 7) is 0. The summed E-state index contributed by atoms with van der Waals surface area (Å²) in [4.78, 5) is 0. The minimum absolute atomic E-state index is 0.890. The van der Waals surface area contributed by atoms with Crippen molar-refractivity contribution in [1.82, 2.24) is 9.13 Å². The smallest absolute Gasteiger partial charge is 0.136 e. The van der Waals surface area contributed by atoms with Crippen molar-refractivity contribution >= 4 is 65.6 Å². The molecule has 0 atom stereocenters. The number of furan rings is 1. The molecular weight excluding hydrogens is 693 g/mol. The van der Waals surface area contributed by atoms with Gasteiger partial charge in [0.2, 0.25) is 0 Å². The van der Waals surface area contributed by atoms with E-state index < -0.39 is 0 Å². The number of hydrogen-bond donors (Lipinski definition) is 0. The van der Waals surface area contributed by atoms with Crippen LogP contribution in [0.5, 0.6) is 0 Å². The molecule has 0 bridgehead atoms.